The molecule has 0 aliphatic carbocycles. The van der Waals surface area contributed by atoms with Crippen LogP contribution in [0.5, 0.6) is 5.75 Å². The van der Waals surface area contributed by atoms with Crippen LogP contribution in [-0.4, -0.2) is 25.1 Å². The molecule has 0 saturated carbocycles. The number of benzene rings is 1. The molecular weight excluding hydrogens is 283 g/mol. The van der Waals surface area contributed by atoms with E-state index in [9.17, 15) is 13.2 Å². The number of nitrogens with one attached hydrogen (secondary N) is 1. The molecule has 1 saturated heterocycles. The highest BCUT2D eigenvalue weighted by Crippen LogP contribution is 2.32. The molecule has 118 valence electrons. The van der Waals surface area contributed by atoms with Crippen molar-refractivity contribution in [2.75, 3.05) is 11.9 Å². The lowest BCUT2D eigenvalue weighted by atomic mass is 9.95. The molecule has 1 aliphatic rings. The highest BCUT2D eigenvalue weighted by atomic mass is 19.4. The van der Waals surface area contributed by atoms with Gasteiger partial charge in [0.05, 0.1) is 11.8 Å². The Labute approximate surface area is 122 Å². The van der Waals surface area contributed by atoms with E-state index < -0.39 is 6.36 Å². The number of anilines is 1. The lowest BCUT2D eigenvalue weighted by molar-refractivity contribution is -0.274. The largest absolute Gasteiger partial charge is 0.573 e. The van der Waals surface area contributed by atoms with Crippen LogP contribution in [0.25, 0.3) is 0 Å². The van der Waals surface area contributed by atoms with Crippen molar-refractivity contribution in [1.82, 2.24) is 0 Å². The highest BCUT2D eigenvalue weighted by molar-refractivity contribution is 5.56. The average Bonchev–Trinajstić information content (AvgIpc) is 2.40. The Kier molecular flexibility index (Phi) is 4.98. The summed E-state index contributed by atoms with van der Waals surface area (Å²) in [5.41, 5.74) is 0.365. The van der Waals surface area contributed by atoms with E-state index in [4.69, 9.17) is 4.74 Å². The Bertz CT molecular complexity index is 462. The topological polar surface area (TPSA) is 30.5 Å². The minimum Gasteiger partial charge on any atom is -0.404 e. The summed E-state index contributed by atoms with van der Waals surface area (Å²) < 4.78 is 46.9. The van der Waals surface area contributed by atoms with Crippen molar-refractivity contribution >= 4 is 5.69 Å². The first-order valence-electron chi connectivity index (χ1n) is 7.08. The van der Waals surface area contributed by atoms with Crippen LogP contribution in [-0.2, 0) is 4.74 Å². The van der Waals surface area contributed by atoms with Crippen LogP contribution in [0, 0.1) is 5.92 Å². The van der Waals surface area contributed by atoms with Crippen molar-refractivity contribution in [3.05, 3.63) is 24.3 Å². The van der Waals surface area contributed by atoms with Crippen molar-refractivity contribution in [3.63, 3.8) is 0 Å². The first kappa shape index (κ1) is 15.9. The number of rotatable bonds is 4. The van der Waals surface area contributed by atoms with E-state index in [0.29, 0.717) is 18.2 Å². The molecule has 0 spiro atoms. The quantitative estimate of drug-likeness (QED) is 0.904. The zero-order valence-corrected chi connectivity index (χ0v) is 12.1. The zero-order valence-electron chi connectivity index (χ0n) is 12.1. The molecule has 2 atom stereocenters. The third-order valence-corrected chi connectivity index (χ3v) is 3.53. The van der Waals surface area contributed by atoms with Crippen molar-refractivity contribution in [2.24, 2.45) is 5.92 Å². The fraction of sp³-hybridized carbons (Fsp3) is 0.600. The third kappa shape index (κ3) is 4.81. The maximum atomic E-state index is 12.4. The van der Waals surface area contributed by atoms with Crippen molar-refractivity contribution < 1.29 is 22.6 Å². The zero-order chi connectivity index (χ0) is 15.5. The summed E-state index contributed by atoms with van der Waals surface area (Å²) in [5, 5.41) is 3.15. The summed E-state index contributed by atoms with van der Waals surface area (Å²) in [4.78, 5) is 0. The van der Waals surface area contributed by atoms with E-state index in [1.54, 1.807) is 12.1 Å². The van der Waals surface area contributed by atoms with Gasteiger partial charge in [0.15, 0.2) is 5.75 Å². The molecule has 0 amide bonds. The van der Waals surface area contributed by atoms with Gasteiger partial charge in [-0.1, -0.05) is 26.0 Å². The molecule has 1 aromatic carbocycles. The molecule has 0 bridgehead atoms. The maximum absolute atomic E-state index is 12.4. The fourth-order valence-electron chi connectivity index (χ4n) is 2.44. The minimum absolute atomic E-state index is 0.0872. The molecule has 1 aromatic rings. The Morgan fingerprint density at radius 2 is 2.00 bits per heavy atom. The van der Waals surface area contributed by atoms with Crippen molar-refractivity contribution in [1.29, 1.82) is 0 Å². The van der Waals surface area contributed by atoms with Gasteiger partial charge in [-0.05, 0) is 30.9 Å². The summed E-state index contributed by atoms with van der Waals surface area (Å²) in [7, 11) is 0. The SMILES string of the molecule is CC(C)C1CC(Nc2ccccc2OC(F)(F)F)CCO1. The van der Waals surface area contributed by atoms with Gasteiger partial charge in [0.25, 0.3) is 0 Å². The Balaban J connectivity index is 2.05. The second kappa shape index (κ2) is 6.56. The number of para-hydroxylation sites is 2. The summed E-state index contributed by atoms with van der Waals surface area (Å²) in [6, 6.07) is 6.21. The summed E-state index contributed by atoms with van der Waals surface area (Å²) >= 11 is 0. The summed E-state index contributed by atoms with van der Waals surface area (Å²) in [6.45, 7) is 4.77. The van der Waals surface area contributed by atoms with Gasteiger partial charge in [-0.3, -0.25) is 0 Å². The molecule has 1 heterocycles. The Hall–Kier alpha value is -1.43. The second-order valence-electron chi connectivity index (χ2n) is 5.56. The van der Waals surface area contributed by atoms with Gasteiger partial charge in [0.1, 0.15) is 0 Å². The normalized spacial score (nSPS) is 23.1. The van der Waals surface area contributed by atoms with Crippen LogP contribution >= 0.6 is 0 Å². The first-order chi connectivity index (χ1) is 9.85. The van der Waals surface area contributed by atoms with Crippen molar-refractivity contribution in [2.45, 2.75) is 45.2 Å². The van der Waals surface area contributed by atoms with Gasteiger partial charge in [-0.25, -0.2) is 0 Å². The lowest BCUT2D eigenvalue weighted by Gasteiger charge is -2.33. The van der Waals surface area contributed by atoms with E-state index in [-0.39, 0.29) is 17.9 Å². The summed E-state index contributed by atoms with van der Waals surface area (Å²) in [6.07, 6.45) is -3.01. The monoisotopic (exact) mass is 303 g/mol. The molecule has 2 unspecified atom stereocenters. The molecular formula is C15H20F3NO2. The smallest absolute Gasteiger partial charge is 0.404 e. The molecule has 1 fully saturated rings. The number of ether oxygens (including phenoxy) is 2. The number of hydrogen-bond acceptors (Lipinski definition) is 3. The van der Waals surface area contributed by atoms with Crippen LogP contribution in [0.1, 0.15) is 26.7 Å². The van der Waals surface area contributed by atoms with Gasteiger partial charge in [0, 0.05) is 12.6 Å². The van der Waals surface area contributed by atoms with Crippen LogP contribution in [0.4, 0.5) is 18.9 Å². The second-order valence-corrected chi connectivity index (χ2v) is 5.56. The number of hydrogen-bond donors (Lipinski definition) is 1. The fourth-order valence-corrected chi connectivity index (χ4v) is 2.44. The summed E-state index contributed by atoms with van der Waals surface area (Å²) in [5.74, 6) is 0.189. The molecule has 1 aliphatic heterocycles. The van der Waals surface area contributed by atoms with E-state index in [1.807, 2.05) is 0 Å². The van der Waals surface area contributed by atoms with Crippen LogP contribution in [0.2, 0.25) is 0 Å². The number of halogens is 3. The predicted octanol–water partition coefficient (Wildman–Crippen LogP) is 4.20. The lowest BCUT2D eigenvalue weighted by Crippen LogP contribution is -2.36. The third-order valence-electron chi connectivity index (χ3n) is 3.53. The molecule has 1 N–H and O–H groups in total. The van der Waals surface area contributed by atoms with Gasteiger partial charge >= 0.3 is 6.36 Å². The van der Waals surface area contributed by atoms with Crippen LogP contribution in [0.3, 0.4) is 0 Å². The maximum Gasteiger partial charge on any atom is 0.573 e. The van der Waals surface area contributed by atoms with Gasteiger partial charge < -0.3 is 14.8 Å². The molecule has 21 heavy (non-hydrogen) atoms. The Morgan fingerprint density at radius 1 is 1.29 bits per heavy atom. The van der Waals surface area contributed by atoms with Crippen LogP contribution in [0.15, 0.2) is 24.3 Å². The number of alkyl halides is 3. The first-order valence-corrected chi connectivity index (χ1v) is 7.08. The highest BCUT2D eigenvalue weighted by Gasteiger charge is 2.32. The molecule has 0 aromatic heterocycles. The Morgan fingerprint density at radius 3 is 2.67 bits per heavy atom. The molecule has 2 rings (SSSR count). The van der Waals surface area contributed by atoms with Gasteiger partial charge in [-0.2, -0.15) is 0 Å². The van der Waals surface area contributed by atoms with E-state index in [2.05, 4.69) is 23.9 Å². The average molecular weight is 303 g/mol. The molecule has 6 heteroatoms. The predicted molar refractivity (Wildman–Crippen MR) is 74.3 cm³/mol. The molecule has 0 radical (unpaired) electrons. The standard InChI is InChI=1S/C15H20F3NO2/c1-10(2)14-9-11(7-8-20-14)19-12-5-3-4-6-13(12)21-15(16,17)18/h3-6,10-11,14,19H,7-9H2,1-2H3. The minimum atomic E-state index is -4.69. The van der Waals surface area contributed by atoms with E-state index in [0.717, 1.165) is 12.8 Å². The molecule has 3 nitrogen and oxygen atoms in total. The van der Waals surface area contributed by atoms with E-state index >= 15 is 0 Å². The van der Waals surface area contributed by atoms with Crippen molar-refractivity contribution in [3.8, 4) is 5.75 Å². The van der Waals surface area contributed by atoms with E-state index in [1.165, 1.54) is 12.1 Å². The van der Waals surface area contributed by atoms with Gasteiger partial charge in [-0.15, -0.1) is 13.2 Å². The van der Waals surface area contributed by atoms with Crippen LogP contribution < -0.4 is 10.1 Å². The van der Waals surface area contributed by atoms with Gasteiger partial charge in [0.2, 0.25) is 0 Å².